The zero-order valence-electron chi connectivity index (χ0n) is 7.09. The van der Waals surface area contributed by atoms with E-state index in [2.05, 4.69) is 4.90 Å². The molecular weight excluding hydrogens is 138 g/mol. The first-order valence-electron chi connectivity index (χ1n) is 4.79. The van der Waals surface area contributed by atoms with Gasteiger partial charge in [0, 0.05) is 6.54 Å². The summed E-state index contributed by atoms with van der Waals surface area (Å²) < 4.78 is 5.21. The van der Waals surface area contributed by atoms with Crippen LogP contribution in [0, 0.1) is 0 Å². The van der Waals surface area contributed by atoms with Crippen LogP contribution in [0.5, 0.6) is 0 Å². The molecule has 0 N–H and O–H groups in total. The molecule has 0 amide bonds. The van der Waals surface area contributed by atoms with Crippen LogP contribution in [0.3, 0.4) is 0 Å². The molecule has 0 saturated carbocycles. The van der Waals surface area contributed by atoms with Gasteiger partial charge in [0.15, 0.2) is 0 Å². The summed E-state index contributed by atoms with van der Waals surface area (Å²) in [6.07, 6.45) is 6.25. The van der Waals surface area contributed by atoms with Gasteiger partial charge in [-0.05, 0) is 25.9 Å². The van der Waals surface area contributed by atoms with Gasteiger partial charge in [-0.3, -0.25) is 0 Å². The van der Waals surface area contributed by atoms with Crippen LogP contribution in [0.25, 0.3) is 0 Å². The number of ether oxygens (including phenoxy) is 1. The van der Waals surface area contributed by atoms with Gasteiger partial charge in [0.25, 0.3) is 0 Å². The summed E-state index contributed by atoms with van der Waals surface area (Å²) >= 11 is 0. The van der Waals surface area contributed by atoms with Gasteiger partial charge in [0.2, 0.25) is 0 Å². The molecule has 0 spiro atoms. The van der Waals surface area contributed by atoms with Crippen molar-refractivity contribution in [1.82, 2.24) is 4.90 Å². The van der Waals surface area contributed by atoms with Crippen molar-refractivity contribution in [3.63, 3.8) is 0 Å². The Bertz CT molecular complexity index is 115. The topological polar surface area (TPSA) is 15.8 Å². The van der Waals surface area contributed by atoms with Crippen molar-refractivity contribution in [2.45, 2.75) is 31.8 Å². The molecule has 0 aliphatic carbocycles. The molecule has 2 saturated heterocycles. The zero-order valence-corrected chi connectivity index (χ0v) is 7.09. The van der Waals surface area contributed by atoms with Crippen LogP contribution in [0.4, 0.5) is 0 Å². The van der Waals surface area contributed by atoms with E-state index in [1.807, 2.05) is 0 Å². The Morgan fingerprint density at radius 3 is 2.27 bits per heavy atom. The highest BCUT2D eigenvalue weighted by molar-refractivity contribution is 4.75. The van der Waals surface area contributed by atoms with Crippen molar-refractivity contribution in [3.05, 3.63) is 0 Å². The Kier molecular flexibility index (Phi) is 2.44. The second-order valence-corrected chi connectivity index (χ2v) is 3.67. The Labute approximate surface area is 68.5 Å². The van der Waals surface area contributed by atoms with Crippen molar-refractivity contribution in [2.24, 2.45) is 0 Å². The second-order valence-electron chi connectivity index (χ2n) is 3.67. The molecule has 64 valence electrons. The fourth-order valence-corrected chi connectivity index (χ4v) is 1.78. The minimum Gasteiger partial charge on any atom is -0.372 e. The van der Waals surface area contributed by atoms with Gasteiger partial charge in [-0.1, -0.05) is 12.8 Å². The van der Waals surface area contributed by atoms with E-state index in [4.69, 9.17) is 4.74 Å². The van der Waals surface area contributed by atoms with E-state index >= 15 is 0 Å². The Morgan fingerprint density at radius 2 is 1.73 bits per heavy atom. The molecule has 2 nitrogen and oxygen atoms in total. The predicted octanol–water partition coefficient (Wildman–Crippen LogP) is 1.26. The molecule has 2 rings (SSSR count). The van der Waals surface area contributed by atoms with Crippen LogP contribution in [0.1, 0.15) is 25.7 Å². The molecule has 2 fully saturated rings. The molecule has 2 aliphatic heterocycles. The summed E-state index contributed by atoms with van der Waals surface area (Å²) in [4.78, 5) is 2.56. The van der Waals surface area contributed by atoms with Gasteiger partial charge in [0.1, 0.15) is 0 Å². The van der Waals surface area contributed by atoms with Crippen LogP contribution in [-0.2, 0) is 4.74 Å². The van der Waals surface area contributed by atoms with E-state index in [0.29, 0.717) is 6.10 Å². The van der Waals surface area contributed by atoms with Crippen LogP contribution >= 0.6 is 0 Å². The summed E-state index contributed by atoms with van der Waals surface area (Å²) in [6.45, 7) is 4.82. The zero-order chi connectivity index (χ0) is 7.52. The maximum Gasteiger partial charge on any atom is 0.0936 e. The molecule has 2 heterocycles. The highest BCUT2D eigenvalue weighted by Gasteiger charge is 2.25. The molecule has 0 unspecified atom stereocenters. The fourth-order valence-electron chi connectivity index (χ4n) is 1.78. The minimum atomic E-state index is 0.591. The third-order valence-electron chi connectivity index (χ3n) is 2.56. The molecule has 2 aliphatic rings. The molecule has 0 aromatic heterocycles. The molecule has 2 heteroatoms. The lowest BCUT2D eigenvalue weighted by Gasteiger charge is -2.17. The van der Waals surface area contributed by atoms with Gasteiger partial charge in [-0.15, -0.1) is 0 Å². The van der Waals surface area contributed by atoms with Gasteiger partial charge in [-0.25, -0.2) is 0 Å². The average molecular weight is 155 g/mol. The van der Waals surface area contributed by atoms with E-state index in [-0.39, 0.29) is 0 Å². The molecule has 0 aromatic rings. The highest BCUT2D eigenvalue weighted by atomic mass is 16.6. The van der Waals surface area contributed by atoms with Crippen molar-refractivity contribution < 1.29 is 4.74 Å². The van der Waals surface area contributed by atoms with Gasteiger partial charge < -0.3 is 9.64 Å². The number of hydrogen-bond acceptors (Lipinski definition) is 2. The third-order valence-corrected chi connectivity index (χ3v) is 2.56. The fraction of sp³-hybridized carbons (Fsp3) is 1.00. The minimum absolute atomic E-state index is 0.591. The van der Waals surface area contributed by atoms with Crippen LogP contribution in [-0.4, -0.2) is 37.2 Å². The first-order valence-corrected chi connectivity index (χ1v) is 4.79. The predicted molar refractivity (Wildman–Crippen MR) is 44.6 cm³/mol. The first kappa shape index (κ1) is 7.56. The molecule has 1 atom stereocenters. The average Bonchev–Trinajstić information content (AvgIpc) is 2.77. The van der Waals surface area contributed by atoms with Crippen LogP contribution in [0.15, 0.2) is 0 Å². The number of rotatable bonds is 2. The quantitative estimate of drug-likeness (QED) is 0.558. The Balaban J connectivity index is 1.71. The van der Waals surface area contributed by atoms with E-state index in [0.717, 1.165) is 6.61 Å². The number of hydrogen-bond donors (Lipinski definition) is 0. The SMILES string of the molecule is C1CCCN(C[C@@H]2CO2)CC1. The van der Waals surface area contributed by atoms with E-state index in [1.54, 1.807) is 0 Å². The molecule has 0 radical (unpaired) electrons. The van der Waals surface area contributed by atoms with Crippen molar-refractivity contribution in [1.29, 1.82) is 0 Å². The maximum atomic E-state index is 5.21. The van der Waals surface area contributed by atoms with Gasteiger partial charge in [0.05, 0.1) is 12.7 Å². The van der Waals surface area contributed by atoms with Gasteiger partial charge >= 0.3 is 0 Å². The van der Waals surface area contributed by atoms with E-state index < -0.39 is 0 Å². The largest absolute Gasteiger partial charge is 0.372 e. The van der Waals surface area contributed by atoms with Crippen molar-refractivity contribution in [2.75, 3.05) is 26.2 Å². The summed E-state index contributed by atoms with van der Waals surface area (Å²) in [7, 11) is 0. The number of epoxide rings is 1. The Hall–Kier alpha value is -0.0800. The number of nitrogens with zero attached hydrogens (tertiary/aromatic N) is 1. The number of likely N-dealkylation sites (tertiary alicyclic amines) is 1. The lowest BCUT2D eigenvalue weighted by molar-refractivity contribution is 0.250. The summed E-state index contributed by atoms with van der Waals surface area (Å²) in [6, 6.07) is 0. The summed E-state index contributed by atoms with van der Waals surface area (Å²) in [5.74, 6) is 0. The summed E-state index contributed by atoms with van der Waals surface area (Å²) in [5.41, 5.74) is 0. The molecular formula is C9H17NO. The van der Waals surface area contributed by atoms with Crippen LogP contribution in [0.2, 0.25) is 0 Å². The standard InChI is InChI=1S/C9H17NO/c1-2-4-6-10(5-3-1)7-9-8-11-9/h9H,1-8H2/t9-/m1/s1. The Morgan fingerprint density at radius 1 is 1.09 bits per heavy atom. The van der Waals surface area contributed by atoms with Gasteiger partial charge in [-0.2, -0.15) is 0 Å². The summed E-state index contributed by atoms with van der Waals surface area (Å²) in [5, 5.41) is 0. The maximum absolute atomic E-state index is 5.21. The van der Waals surface area contributed by atoms with Crippen molar-refractivity contribution >= 4 is 0 Å². The van der Waals surface area contributed by atoms with Crippen LogP contribution < -0.4 is 0 Å². The smallest absolute Gasteiger partial charge is 0.0936 e. The van der Waals surface area contributed by atoms with Crippen molar-refractivity contribution in [3.8, 4) is 0 Å². The second kappa shape index (κ2) is 3.55. The molecule has 0 aromatic carbocycles. The third kappa shape index (κ3) is 2.46. The molecule has 0 bridgehead atoms. The first-order chi connectivity index (χ1) is 5.45. The lowest BCUT2D eigenvalue weighted by Crippen LogP contribution is -2.28. The highest BCUT2D eigenvalue weighted by Crippen LogP contribution is 2.15. The normalized spacial score (nSPS) is 33.3. The lowest BCUT2D eigenvalue weighted by atomic mass is 10.2. The van der Waals surface area contributed by atoms with E-state index in [9.17, 15) is 0 Å². The monoisotopic (exact) mass is 155 g/mol. The van der Waals surface area contributed by atoms with E-state index in [1.165, 1.54) is 45.3 Å². The molecule has 11 heavy (non-hydrogen) atoms.